The SMILES string of the molecule is O=C(C1CCCN1C(=O)c1ccco1)N1CCc2sccc2C1. The topological polar surface area (TPSA) is 53.8 Å². The third kappa shape index (κ3) is 2.57. The maximum atomic E-state index is 12.9. The van der Waals surface area contributed by atoms with Crippen molar-refractivity contribution in [3.8, 4) is 0 Å². The lowest BCUT2D eigenvalue weighted by Crippen LogP contribution is -2.48. The maximum absolute atomic E-state index is 12.9. The van der Waals surface area contributed by atoms with Crippen LogP contribution in [-0.2, 0) is 17.8 Å². The lowest BCUT2D eigenvalue weighted by molar-refractivity contribution is -0.136. The highest BCUT2D eigenvalue weighted by molar-refractivity contribution is 7.10. The molecule has 2 aromatic rings. The van der Waals surface area contributed by atoms with Crippen molar-refractivity contribution in [1.29, 1.82) is 0 Å². The van der Waals surface area contributed by atoms with Crippen LogP contribution in [0.15, 0.2) is 34.3 Å². The number of likely N-dealkylation sites (tertiary alicyclic amines) is 1. The van der Waals surface area contributed by atoms with Gasteiger partial charge in [-0.2, -0.15) is 0 Å². The fraction of sp³-hybridized carbons (Fsp3) is 0.412. The highest BCUT2D eigenvalue weighted by Crippen LogP contribution is 2.27. The summed E-state index contributed by atoms with van der Waals surface area (Å²) in [6.45, 7) is 2.02. The van der Waals surface area contributed by atoms with Gasteiger partial charge in [0.05, 0.1) is 6.26 Å². The molecule has 1 atom stereocenters. The van der Waals surface area contributed by atoms with Gasteiger partial charge in [-0.05, 0) is 48.4 Å². The molecular weight excluding hydrogens is 312 g/mol. The molecule has 23 heavy (non-hydrogen) atoms. The van der Waals surface area contributed by atoms with Crippen LogP contribution < -0.4 is 0 Å². The first-order valence-electron chi connectivity index (χ1n) is 7.92. The molecule has 1 unspecified atom stereocenters. The zero-order valence-corrected chi connectivity index (χ0v) is 13.6. The summed E-state index contributed by atoms with van der Waals surface area (Å²) in [5.74, 6) is 0.196. The van der Waals surface area contributed by atoms with Crippen molar-refractivity contribution < 1.29 is 14.0 Å². The van der Waals surface area contributed by atoms with E-state index in [0.717, 1.165) is 25.8 Å². The predicted molar refractivity (Wildman–Crippen MR) is 86.2 cm³/mol. The van der Waals surface area contributed by atoms with Crippen molar-refractivity contribution >= 4 is 23.2 Å². The van der Waals surface area contributed by atoms with E-state index in [-0.39, 0.29) is 17.9 Å². The number of nitrogens with zero attached hydrogens (tertiary/aromatic N) is 2. The number of hydrogen-bond acceptors (Lipinski definition) is 4. The average Bonchev–Trinajstić information content (AvgIpc) is 3.33. The van der Waals surface area contributed by atoms with E-state index in [1.54, 1.807) is 28.4 Å². The Bertz CT molecular complexity index is 722. The molecule has 2 aliphatic rings. The molecule has 0 radical (unpaired) electrons. The minimum atomic E-state index is -0.354. The number of hydrogen-bond donors (Lipinski definition) is 0. The second-order valence-corrected chi connectivity index (χ2v) is 7.01. The van der Waals surface area contributed by atoms with Crippen LogP contribution in [-0.4, -0.2) is 40.7 Å². The van der Waals surface area contributed by atoms with Gasteiger partial charge in [-0.15, -0.1) is 11.3 Å². The van der Waals surface area contributed by atoms with Crippen LogP contribution in [0.25, 0.3) is 0 Å². The van der Waals surface area contributed by atoms with E-state index in [1.807, 2.05) is 4.90 Å². The van der Waals surface area contributed by atoms with Crippen LogP contribution in [0.5, 0.6) is 0 Å². The molecule has 4 heterocycles. The number of fused-ring (bicyclic) bond motifs is 1. The highest BCUT2D eigenvalue weighted by Gasteiger charge is 2.38. The van der Waals surface area contributed by atoms with Crippen LogP contribution in [0.4, 0.5) is 0 Å². The molecule has 2 aliphatic heterocycles. The van der Waals surface area contributed by atoms with Gasteiger partial charge in [-0.3, -0.25) is 9.59 Å². The van der Waals surface area contributed by atoms with E-state index in [9.17, 15) is 9.59 Å². The molecule has 1 fully saturated rings. The minimum Gasteiger partial charge on any atom is -0.459 e. The third-order valence-corrected chi connectivity index (χ3v) is 5.67. The summed E-state index contributed by atoms with van der Waals surface area (Å²) in [5.41, 5.74) is 1.25. The first kappa shape index (κ1) is 14.5. The van der Waals surface area contributed by atoms with E-state index in [2.05, 4.69) is 11.4 Å². The predicted octanol–water partition coefficient (Wildman–Crippen LogP) is 2.53. The largest absolute Gasteiger partial charge is 0.459 e. The summed E-state index contributed by atoms with van der Waals surface area (Å²) < 4.78 is 5.20. The van der Waals surface area contributed by atoms with Gasteiger partial charge in [-0.1, -0.05) is 0 Å². The lowest BCUT2D eigenvalue weighted by Gasteiger charge is -2.32. The number of rotatable bonds is 2. The summed E-state index contributed by atoms with van der Waals surface area (Å²) in [6, 6.07) is 5.09. The molecule has 120 valence electrons. The van der Waals surface area contributed by atoms with Gasteiger partial charge in [-0.25, -0.2) is 0 Å². The highest BCUT2D eigenvalue weighted by atomic mass is 32.1. The number of carbonyl (C=O) groups excluding carboxylic acids is 2. The Morgan fingerprint density at radius 1 is 1.26 bits per heavy atom. The molecule has 6 heteroatoms. The number of thiophene rings is 1. The number of carbonyl (C=O) groups is 2. The Morgan fingerprint density at radius 2 is 2.17 bits per heavy atom. The van der Waals surface area contributed by atoms with Gasteiger partial charge in [0.2, 0.25) is 5.91 Å². The van der Waals surface area contributed by atoms with E-state index in [0.29, 0.717) is 18.8 Å². The normalized spacial score (nSPS) is 20.6. The molecule has 0 N–H and O–H groups in total. The molecule has 0 aliphatic carbocycles. The van der Waals surface area contributed by atoms with Crippen molar-refractivity contribution in [1.82, 2.24) is 9.80 Å². The molecule has 1 saturated heterocycles. The summed E-state index contributed by atoms with van der Waals surface area (Å²) in [7, 11) is 0. The minimum absolute atomic E-state index is 0.0688. The zero-order valence-electron chi connectivity index (χ0n) is 12.7. The van der Waals surface area contributed by atoms with Crippen molar-refractivity contribution in [2.45, 2.75) is 31.8 Å². The Kier molecular flexibility index (Phi) is 3.69. The molecule has 0 spiro atoms. The maximum Gasteiger partial charge on any atom is 0.290 e. The first-order chi connectivity index (χ1) is 11.2. The van der Waals surface area contributed by atoms with Crippen molar-refractivity contribution in [3.63, 3.8) is 0 Å². The van der Waals surface area contributed by atoms with E-state index in [4.69, 9.17) is 4.42 Å². The Labute approximate surface area is 138 Å². The van der Waals surface area contributed by atoms with Gasteiger partial charge in [0.15, 0.2) is 5.76 Å². The van der Waals surface area contributed by atoms with Crippen LogP contribution in [0.1, 0.15) is 33.8 Å². The molecular formula is C17H18N2O3S. The molecule has 4 rings (SSSR count). The molecule has 2 amide bonds. The van der Waals surface area contributed by atoms with Crippen molar-refractivity contribution in [2.75, 3.05) is 13.1 Å². The molecule has 0 aromatic carbocycles. The summed E-state index contributed by atoms with van der Waals surface area (Å²) in [4.78, 5) is 30.4. The average molecular weight is 330 g/mol. The smallest absolute Gasteiger partial charge is 0.290 e. The van der Waals surface area contributed by atoms with E-state index in [1.165, 1.54) is 16.7 Å². The second-order valence-electron chi connectivity index (χ2n) is 6.01. The molecule has 0 bridgehead atoms. The molecule has 2 aromatic heterocycles. The Morgan fingerprint density at radius 3 is 3.00 bits per heavy atom. The molecule has 5 nitrogen and oxygen atoms in total. The fourth-order valence-corrected chi connectivity index (χ4v) is 4.35. The Balaban J connectivity index is 1.50. The number of amides is 2. The van der Waals surface area contributed by atoms with Crippen molar-refractivity contribution in [3.05, 3.63) is 46.0 Å². The second kappa shape index (κ2) is 5.85. The fourth-order valence-electron chi connectivity index (χ4n) is 3.46. The van der Waals surface area contributed by atoms with Crippen LogP contribution in [0.2, 0.25) is 0 Å². The van der Waals surface area contributed by atoms with Gasteiger partial charge in [0.1, 0.15) is 6.04 Å². The van der Waals surface area contributed by atoms with Crippen LogP contribution >= 0.6 is 11.3 Å². The summed E-state index contributed by atoms with van der Waals surface area (Å²) >= 11 is 1.76. The van der Waals surface area contributed by atoms with Crippen LogP contribution in [0.3, 0.4) is 0 Å². The van der Waals surface area contributed by atoms with Gasteiger partial charge in [0, 0.05) is 24.5 Å². The zero-order chi connectivity index (χ0) is 15.8. The summed E-state index contributed by atoms with van der Waals surface area (Å²) in [5, 5.41) is 2.08. The third-order valence-electron chi connectivity index (χ3n) is 4.65. The monoisotopic (exact) mass is 330 g/mol. The molecule has 0 saturated carbocycles. The first-order valence-corrected chi connectivity index (χ1v) is 8.80. The van der Waals surface area contributed by atoms with Crippen LogP contribution in [0, 0.1) is 0 Å². The van der Waals surface area contributed by atoms with Gasteiger partial charge in [0.25, 0.3) is 5.91 Å². The Hall–Kier alpha value is -2.08. The van der Waals surface area contributed by atoms with Gasteiger partial charge >= 0.3 is 0 Å². The van der Waals surface area contributed by atoms with Gasteiger partial charge < -0.3 is 14.2 Å². The quantitative estimate of drug-likeness (QED) is 0.850. The summed E-state index contributed by atoms with van der Waals surface area (Å²) in [6.07, 6.45) is 4.00. The lowest BCUT2D eigenvalue weighted by atomic mass is 10.1. The number of furan rings is 1. The standard InChI is InChI=1S/C17H18N2O3S/c20-16(18-8-5-15-12(11-18)6-10-23-15)13-3-1-7-19(13)17(21)14-4-2-9-22-14/h2,4,6,9-10,13H,1,3,5,7-8,11H2. The van der Waals surface area contributed by atoms with Crippen molar-refractivity contribution in [2.24, 2.45) is 0 Å². The van der Waals surface area contributed by atoms with E-state index >= 15 is 0 Å². The van der Waals surface area contributed by atoms with E-state index < -0.39 is 0 Å².